The zero-order chi connectivity index (χ0) is 15.4. The molecule has 0 saturated heterocycles. The lowest BCUT2D eigenvalue weighted by Gasteiger charge is -2.12. The second-order valence-electron chi connectivity index (χ2n) is 4.45. The highest BCUT2D eigenvalue weighted by Crippen LogP contribution is 2.21. The molecule has 5 nitrogen and oxygen atoms in total. The summed E-state index contributed by atoms with van der Waals surface area (Å²) in [6, 6.07) is 11.2. The molecular weight excluding hydrogens is 290 g/mol. The Morgan fingerprint density at radius 2 is 1.71 bits per heavy atom. The van der Waals surface area contributed by atoms with Gasteiger partial charge in [-0.1, -0.05) is 29.8 Å². The molecule has 6 heteroatoms. The molecule has 0 radical (unpaired) electrons. The van der Waals surface area contributed by atoms with Crippen LogP contribution in [0.5, 0.6) is 0 Å². The third-order valence-electron chi connectivity index (χ3n) is 2.89. The maximum absolute atomic E-state index is 12.0. The summed E-state index contributed by atoms with van der Waals surface area (Å²) in [5.74, 6) is -0.607. The zero-order valence-electron chi connectivity index (χ0n) is 11.3. The van der Waals surface area contributed by atoms with E-state index in [1.165, 1.54) is 0 Å². The van der Waals surface area contributed by atoms with E-state index in [0.29, 0.717) is 16.4 Å². The predicted octanol–water partition coefficient (Wildman–Crippen LogP) is 3.39. The van der Waals surface area contributed by atoms with Crippen LogP contribution >= 0.6 is 11.6 Å². The summed E-state index contributed by atoms with van der Waals surface area (Å²) in [4.78, 5) is 23.3. The highest BCUT2D eigenvalue weighted by molar-refractivity contribution is 6.31. The van der Waals surface area contributed by atoms with Crippen LogP contribution in [0.25, 0.3) is 0 Å². The largest absolute Gasteiger partial charge is 0.366 e. The minimum atomic E-state index is -0.607. The van der Waals surface area contributed by atoms with Gasteiger partial charge in [-0.2, -0.15) is 0 Å². The fraction of sp³-hybridized carbons (Fsp3) is 0.0667. The summed E-state index contributed by atoms with van der Waals surface area (Å²) in [6.07, 6.45) is 0. The second-order valence-corrected chi connectivity index (χ2v) is 4.88. The summed E-state index contributed by atoms with van der Waals surface area (Å²) in [7, 11) is 0. The zero-order valence-corrected chi connectivity index (χ0v) is 12.1. The summed E-state index contributed by atoms with van der Waals surface area (Å²) in [6.45, 7) is 1.85. The fourth-order valence-corrected chi connectivity index (χ4v) is 1.98. The first kappa shape index (κ1) is 14.9. The number of carbonyl (C=O) groups excluding carboxylic acids is 2. The molecule has 21 heavy (non-hydrogen) atoms. The molecule has 0 atom stereocenters. The smallest absolute Gasteiger partial charge is 0.323 e. The van der Waals surface area contributed by atoms with Gasteiger partial charge < -0.3 is 16.4 Å². The molecule has 0 aromatic heterocycles. The Morgan fingerprint density at radius 3 is 2.43 bits per heavy atom. The lowest BCUT2D eigenvalue weighted by Crippen LogP contribution is -2.22. The second kappa shape index (κ2) is 6.28. The van der Waals surface area contributed by atoms with Crippen molar-refractivity contribution in [3.05, 3.63) is 58.6 Å². The van der Waals surface area contributed by atoms with Crippen molar-refractivity contribution in [3.8, 4) is 0 Å². The van der Waals surface area contributed by atoms with Gasteiger partial charge in [0.25, 0.3) is 5.91 Å². The SMILES string of the molecule is Cc1ccc(Cl)cc1NC(=O)Nc1ccccc1C(N)=O. The lowest BCUT2D eigenvalue weighted by molar-refractivity contribution is 0.100. The van der Waals surface area contributed by atoms with E-state index < -0.39 is 11.9 Å². The van der Waals surface area contributed by atoms with Crippen LogP contribution in [-0.2, 0) is 0 Å². The molecule has 108 valence electrons. The molecule has 3 amide bonds. The van der Waals surface area contributed by atoms with E-state index in [2.05, 4.69) is 10.6 Å². The Balaban J connectivity index is 2.16. The highest BCUT2D eigenvalue weighted by atomic mass is 35.5. The summed E-state index contributed by atoms with van der Waals surface area (Å²) in [5, 5.41) is 5.79. The third kappa shape index (κ3) is 3.73. The van der Waals surface area contributed by atoms with Crippen LogP contribution in [0.4, 0.5) is 16.2 Å². The first-order valence-corrected chi connectivity index (χ1v) is 6.58. The van der Waals surface area contributed by atoms with Crippen molar-refractivity contribution < 1.29 is 9.59 Å². The van der Waals surface area contributed by atoms with Crippen LogP contribution in [0.2, 0.25) is 5.02 Å². The summed E-state index contributed by atoms with van der Waals surface area (Å²) < 4.78 is 0. The highest BCUT2D eigenvalue weighted by Gasteiger charge is 2.11. The van der Waals surface area contributed by atoms with E-state index in [4.69, 9.17) is 17.3 Å². The van der Waals surface area contributed by atoms with Crippen LogP contribution < -0.4 is 16.4 Å². The third-order valence-corrected chi connectivity index (χ3v) is 3.12. The van der Waals surface area contributed by atoms with Gasteiger partial charge in [-0.05, 0) is 36.8 Å². The van der Waals surface area contributed by atoms with Gasteiger partial charge in [0.15, 0.2) is 0 Å². The van der Waals surface area contributed by atoms with E-state index in [0.717, 1.165) is 5.56 Å². The Kier molecular flexibility index (Phi) is 4.45. The number of para-hydroxylation sites is 1. The normalized spacial score (nSPS) is 10.0. The molecule has 0 aliphatic heterocycles. The van der Waals surface area contributed by atoms with Gasteiger partial charge in [-0.3, -0.25) is 4.79 Å². The molecule has 0 bridgehead atoms. The minimum Gasteiger partial charge on any atom is -0.366 e. The molecule has 2 rings (SSSR count). The van der Waals surface area contributed by atoms with E-state index in [9.17, 15) is 9.59 Å². The van der Waals surface area contributed by atoms with Gasteiger partial charge in [0.1, 0.15) is 0 Å². The number of primary amides is 1. The average Bonchev–Trinajstić information content (AvgIpc) is 2.43. The number of benzene rings is 2. The van der Waals surface area contributed by atoms with E-state index in [-0.39, 0.29) is 5.56 Å². The first-order valence-electron chi connectivity index (χ1n) is 6.20. The van der Waals surface area contributed by atoms with Gasteiger partial charge in [-0.15, -0.1) is 0 Å². The number of amides is 3. The van der Waals surface area contributed by atoms with Crippen molar-refractivity contribution in [3.63, 3.8) is 0 Å². The lowest BCUT2D eigenvalue weighted by atomic mass is 10.1. The fourth-order valence-electron chi connectivity index (χ4n) is 1.81. The minimum absolute atomic E-state index is 0.246. The van der Waals surface area contributed by atoms with Gasteiger partial charge in [0, 0.05) is 10.7 Å². The van der Waals surface area contributed by atoms with E-state index in [1.54, 1.807) is 42.5 Å². The number of aryl methyl sites for hydroxylation is 1. The number of nitrogens with two attached hydrogens (primary N) is 1. The van der Waals surface area contributed by atoms with Crippen molar-refractivity contribution in [2.24, 2.45) is 5.73 Å². The van der Waals surface area contributed by atoms with Crippen LogP contribution in [0.15, 0.2) is 42.5 Å². The molecule has 2 aromatic carbocycles. The van der Waals surface area contributed by atoms with Crippen LogP contribution in [0.1, 0.15) is 15.9 Å². The van der Waals surface area contributed by atoms with Crippen LogP contribution in [0, 0.1) is 6.92 Å². The van der Waals surface area contributed by atoms with E-state index in [1.807, 2.05) is 6.92 Å². The number of halogens is 1. The Bertz CT molecular complexity index is 701. The monoisotopic (exact) mass is 303 g/mol. The Labute approximate surface area is 127 Å². The molecular formula is C15H14ClN3O2. The molecule has 0 aliphatic carbocycles. The molecule has 0 heterocycles. The summed E-state index contributed by atoms with van der Waals surface area (Å²) >= 11 is 5.89. The number of nitrogens with one attached hydrogen (secondary N) is 2. The van der Waals surface area contributed by atoms with Crippen LogP contribution in [-0.4, -0.2) is 11.9 Å². The predicted molar refractivity (Wildman–Crippen MR) is 83.8 cm³/mol. The molecule has 0 unspecified atom stereocenters. The number of hydrogen-bond donors (Lipinski definition) is 3. The maximum atomic E-state index is 12.0. The number of urea groups is 1. The van der Waals surface area contributed by atoms with E-state index >= 15 is 0 Å². The average molecular weight is 304 g/mol. The van der Waals surface area contributed by atoms with Crippen LogP contribution in [0.3, 0.4) is 0 Å². The van der Waals surface area contributed by atoms with Crippen molar-refractivity contribution >= 4 is 34.9 Å². The van der Waals surface area contributed by atoms with Gasteiger partial charge >= 0.3 is 6.03 Å². The van der Waals surface area contributed by atoms with Gasteiger partial charge in [0.05, 0.1) is 11.3 Å². The van der Waals surface area contributed by atoms with Gasteiger partial charge in [-0.25, -0.2) is 4.79 Å². The molecule has 0 saturated carbocycles. The maximum Gasteiger partial charge on any atom is 0.323 e. The number of carbonyl (C=O) groups is 2. The topological polar surface area (TPSA) is 84.2 Å². The first-order chi connectivity index (χ1) is 9.97. The molecule has 0 fully saturated rings. The molecule has 0 aliphatic rings. The Hall–Kier alpha value is -2.53. The van der Waals surface area contributed by atoms with Crippen molar-refractivity contribution in [1.29, 1.82) is 0 Å². The number of anilines is 2. The number of hydrogen-bond acceptors (Lipinski definition) is 2. The number of rotatable bonds is 3. The Morgan fingerprint density at radius 1 is 1.05 bits per heavy atom. The summed E-state index contributed by atoms with van der Waals surface area (Å²) in [5.41, 5.74) is 7.32. The van der Waals surface area contributed by atoms with Crippen molar-refractivity contribution in [1.82, 2.24) is 0 Å². The van der Waals surface area contributed by atoms with Crippen molar-refractivity contribution in [2.45, 2.75) is 6.92 Å². The standard InChI is InChI=1S/C15H14ClN3O2/c1-9-6-7-10(16)8-13(9)19-15(21)18-12-5-3-2-4-11(12)14(17)20/h2-8H,1H3,(H2,17,20)(H2,18,19,21). The van der Waals surface area contributed by atoms with Gasteiger partial charge in [0.2, 0.25) is 0 Å². The van der Waals surface area contributed by atoms with Crippen molar-refractivity contribution in [2.75, 3.05) is 10.6 Å². The molecule has 0 spiro atoms. The molecule has 4 N–H and O–H groups in total. The molecule has 2 aromatic rings. The quantitative estimate of drug-likeness (QED) is 0.812.